The van der Waals surface area contributed by atoms with Crippen LogP contribution in [0.4, 0.5) is 10.2 Å². The Morgan fingerprint density at radius 1 is 1.07 bits per heavy atom. The van der Waals surface area contributed by atoms with E-state index in [1.807, 2.05) is 41.8 Å². The largest absolute Gasteiger partial charge is 0.373 e. The second-order valence-corrected chi connectivity index (χ2v) is 8.29. The summed E-state index contributed by atoms with van der Waals surface area (Å²) in [6.07, 6.45) is 1.23. The van der Waals surface area contributed by atoms with Gasteiger partial charge in [0.05, 0.1) is 16.8 Å². The number of aliphatic hydroxyl groups excluding tert-OH is 1. The van der Waals surface area contributed by atoms with Gasteiger partial charge in [0, 0.05) is 16.5 Å². The van der Waals surface area contributed by atoms with Gasteiger partial charge in [-0.2, -0.15) is 0 Å². The van der Waals surface area contributed by atoms with E-state index in [4.69, 9.17) is 4.98 Å². The summed E-state index contributed by atoms with van der Waals surface area (Å²) in [6.45, 7) is 0. The molecule has 7 heteroatoms. The highest BCUT2D eigenvalue weighted by atomic mass is 79.9. The van der Waals surface area contributed by atoms with Crippen molar-refractivity contribution in [2.75, 3.05) is 5.32 Å². The third-order valence-corrected chi connectivity index (χ3v) is 5.72. The Labute approximate surface area is 180 Å². The molecule has 146 valence electrons. The number of hydrogen-bond donors (Lipinski definition) is 2. The van der Waals surface area contributed by atoms with Gasteiger partial charge in [-0.3, -0.25) is 0 Å². The molecule has 2 aromatic carbocycles. The molecule has 0 aliphatic heterocycles. The Balaban J connectivity index is 1.62. The van der Waals surface area contributed by atoms with Gasteiger partial charge in [0.15, 0.2) is 5.82 Å². The maximum absolute atomic E-state index is 13.2. The molecule has 0 radical (unpaired) electrons. The lowest BCUT2D eigenvalue weighted by Crippen LogP contribution is -2.22. The third-order valence-electron chi connectivity index (χ3n) is 4.31. The van der Waals surface area contributed by atoms with E-state index >= 15 is 0 Å². The van der Waals surface area contributed by atoms with Gasteiger partial charge < -0.3 is 10.4 Å². The number of thiophene rings is 1. The van der Waals surface area contributed by atoms with Crippen molar-refractivity contribution in [3.8, 4) is 21.8 Å². The molecule has 4 rings (SSSR count). The second-order valence-electron chi connectivity index (χ2n) is 6.43. The first-order valence-corrected chi connectivity index (χ1v) is 10.6. The van der Waals surface area contributed by atoms with Gasteiger partial charge in [-0.25, -0.2) is 14.4 Å². The molecule has 4 nitrogen and oxygen atoms in total. The number of rotatable bonds is 6. The summed E-state index contributed by atoms with van der Waals surface area (Å²) in [7, 11) is 0. The zero-order valence-corrected chi connectivity index (χ0v) is 17.6. The van der Waals surface area contributed by atoms with Crippen molar-refractivity contribution in [2.45, 2.75) is 12.6 Å². The first-order valence-electron chi connectivity index (χ1n) is 8.94. The van der Waals surface area contributed by atoms with E-state index in [1.165, 1.54) is 23.5 Å². The summed E-state index contributed by atoms with van der Waals surface area (Å²) in [5, 5.41) is 15.6. The van der Waals surface area contributed by atoms with Crippen molar-refractivity contribution in [2.24, 2.45) is 0 Å². The van der Waals surface area contributed by atoms with Crippen LogP contribution in [0.3, 0.4) is 0 Å². The minimum absolute atomic E-state index is 0.297. The van der Waals surface area contributed by atoms with Crippen LogP contribution in [0.25, 0.3) is 21.8 Å². The predicted octanol–water partition coefficient (Wildman–Crippen LogP) is 5.75. The van der Waals surface area contributed by atoms with Gasteiger partial charge in [0.1, 0.15) is 17.7 Å². The van der Waals surface area contributed by atoms with Gasteiger partial charge in [-0.05, 0) is 53.4 Å². The molecule has 4 aromatic rings. The molecule has 2 aromatic heterocycles. The number of nitrogens with zero attached hydrogens (tertiary/aromatic N) is 2. The molecule has 0 saturated carbocycles. The van der Waals surface area contributed by atoms with Crippen LogP contribution in [0, 0.1) is 5.82 Å². The number of nitrogens with one attached hydrogen (secondary N) is 1. The Kier molecular flexibility index (Phi) is 5.99. The molecule has 0 saturated heterocycles. The van der Waals surface area contributed by atoms with E-state index in [9.17, 15) is 9.50 Å². The SMILES string of the molecule is OC(Cc1ccc(Br)cc1)Nc1ncc(-c2ccc(F)cc2)nc1-c1cccs1. The van der Waals surface area contributed by atoms with Crippen LogP contribution < -0.4 is 5.32 Å². The molecule has 0 aliphatic carbocycles. The Hall–Kier alpha value is -2.61. The molecule has 0 fully saturated rings. The van der Waals surface area contributed by atoms with E-state index in [-0.39, 0.29) is 5.82 Å². The summed E-state index contributed by atoms with van der Waals surface area (Å²) >= 11 is 4.95. The molecule has 1 unspecified atom stereocenters. The molecule has 0 spiro atoms. The van der Waals surface area contributed by atoms with E-state index in [0.29, 0.717) is 23.6 Å². The lowest BCUT2D eigenvalue weighted by atomic mass is 10.1. The van der Waals surface area contributed by atoms with Gasteiger partial charge in [-0.1, -0.05) is 34.1 Å². The molecular formula is C22H17BrFN3OS. The maximum atomic E-state index is 13.2. The first kappa shape index (κ1) is 19.7. The highest BCUT2D eigenvalue weighted by Crippen LogP contribution is 2.31. The van der Waals surface area contributed by atoms with Gasteiger partial charge in [-0.15, -0.1) is 11.3 Å². The quantitative estimate of drug-likeness (QED) is 0.353. The monoisotopic (exact) mass is 469 g/mol. The Morgan fingerprint density at radius 3 is 2.52 bits per heavy atom. The summed E-state index contributed by atoms with van der Waals surface area (Å²) in [6, 6.07) is 17.8. The molecule has 0 bridgehead atoms. The zero-order valence-electron chi connectivity index (χ0n) is 15.2. The fourth-order valence-corrected chi connectivity index (χ4v) is 3.87. The van der Waals surface area contributed by atoms with Gasteiger partial charge >= 0.3 is 0 Å². The Morgan fingerprint density at radius 2 is 1.83 bits per heavy atom. The topological polar surface area (TPSA) is 58.0 Å². The van der Waals surface area contributed by atoms with E-state index in [1.54, 1.807) is 18.3 Å². The van der Waals surface area contributed by atoms with Crippen LogP contribution in [-0.4, -0.2) is 21.3 Å². The average molecular weight is 470 g/mol. The van der Waals surface area contributed by atoms with Crippen molar-refractivity contribution in [3.05, 3.63) is 88.1 Å². The predicted molar refractivity (Wildman–Crippen MR) is 118 cm³/mol. The number of hydrogen-bond acceptors (Lipinski definition) is 5. The molecule has 2 N–H and O–H groups in total. The fraction of sp³-hybridized carbons (Fsp3) is 0.0909. The van der Waals surface area contributed by atoms with Gasteiger partial charge in [0.25, 0.3) is 0 Å². The lowest BCUT2D eigenvalue weighted by Gasteiger charge is -2.16. The normalized spacial score (nSPS) is 12.0. The summed E-state index contributed by atoms with van der Waals surface area (Å²) in [4.78, 5) is 10.2. The van der Waals surface area contributed by atoms with Crippen molar-refractivity contribution in [1.29, 1.82) is 0 Å². The van der Waals surface area contributed by atoms with Crippen LogP contribution in [0.15, 0.2) is 76.7 Å². The first-order chi connectivity index (χ1) is 14.1. The maximum Gasteiger partial charge on any atom is 0.155 e. The van der Waals surface area contributed by atoms with Crippen molar-refractivity contribution in [3.63, 3.8) is 0 Å². The van der Waals surface area contributed by atoms with E-state index in [0.717, 1.165) is 20.5 Å². The van der Waals surface area contributed by atoms with Crippen LogP contribution >= 0.6 is 27.3 Å². The van der Waals surface area contributed by atoms with Gasteiger partial charge in [0.2, 0.25) is 0 Å². The van der Waals surface area contributed by atoms with Crippen LogP contribution in [0.1, 0.15) is 5.56 Å². The summed E-state index contributed by atoms with van der Waals surface area (Å²) in [5.41, 5.74) is 3.07. The molecule has 29 heavy (non-hydrogen) atoms. The second kappa shape index (κ2) is 8.82. The number of halogens is 2. The molecule has 1 atom stereocenters. The van der Waals surface area contributed by atoms with Crippen LogP contribution in [-0.2, 0) is 6.42 Å². The number of aliphatic hydroxyl groups is 1. The standard InChI is InChI=1S/C22H17BrFN3OS/c23-16-7-3-14(4-8-16)12-20(28)27-22-21(19-2-1-11-29-19)26-18(13-25-22)15-5-9-17(24)10-6-15/h1-11,13,20,28H,12H2,(H,25,27). The van der Waals surface area contributed by atoms with Crippen LogP contribution in [0.2, 0.25) is 0 Å². The lowest BCUT2D eigenvalue weighted by molar-refractivity contribution is 0.203. The number of aromatic nitrogens is 2. The highest BCUT2D eigenvalue weighted by Gasteiger charge is 2.15. The van der Waals surface area contributed by atoms with E-state index < -0.39 is 6.23 Å². The van der Waals surface area contributed by atoms with Crippen molar-refractivity contribution < 1.29 is 9.50 Å². The zero-order chi connectivity index (χ0) is 20.2. The van der Waals surface area contributed by atoms with Crippen LogP contribution in [0.5, 0.6) is 0 Å². The highest BCUT2D eigenvalue weighted by molar-refractivity contribution is 9.10. The minimum atomic E-state index is -0.819. The van der Waals surface area contributed by atoms with Crippen molar-refractivity contribution >= 4 is 33.1 Å². The fourth-order valence-electron chi connectivity index (χ4n) is 2.89. The Bertz CT molecular complexity index is 1090. The minimum Gasteiger partial charge on any atom is -0.373 e. The molecule has 0 amide bonds. The molecule has 2 heterocycles. The van der Waals surface area contributed by atoms with E-state index in [2.05, 4.69) is 26.2 Å². The number of anilines is 1. The van der Waals surface area contributed by atoms with Crippen molar-refractivity contribution in [1.82, 2.24) is 9.97 Å². The third kappa shape index (κ3) is 4.87. The smallest absolute Gasteiger partial charge is 0.155 e. The average Bonchev–Trinajstić information content (AvgIpc) is 3.25. The molecule has 0 aliphatic rings. The summed E-state index contributed by atoms with van der Waals surface area (Å²) in [5.74, 6) is 0.206. The molecular weight excluding hydrogens is 453 g/mol. The number of benzene rings is 2. The summed E-state index contributed by atoms with van der Waals surface area (Å²) < 4.78 is 14.2.